The second kappa shape index (κ2) is 8.16. The monoisotopic (exact) mass is 341 g/mol. The quantitative estimate of drug-likeness (QED) is 0.754. The topological polar surface area (TPSA) is 76.3 Å². The third kappa shape index (κ3) is 4.39. The van der Waals surface area contributed by atoms with Gasteiger partial charge in [-0.05, 0) is 24.1 Å². The Morgan fingerprint density at radius 3 is 2.76 bits per heavy atom. The van der Waals surface area contributed by atoms with Gasteiger partial charge in [0.2, 0.25) is 5.95 Å². The molecule has 0 unspecified atom stereocenters. The highest BCUT2D eigenvalue weighted by Gasteiger charge is 2.22. The Kier molecular flexibility index (Phi) is 5.71. The van der Waals surface area contributed by atoms with E-state index in [9.17, 15) is 0 Å². The number of methoxy groups -OCH3 is 1. The molecule has 0 saturated carbocycles. The molecular weight excluding hydrogens is 314 g/mol. The molecule has 1 aromatic carbocycles. The van der Waals surface area contributed by atoms with Crippen molar-refractivity contribution in [1.29, 1.82) is 0 Å². The second-order valence-electron chi connectivity index (χ2n) is 6.44. The number of rotatable bonds is 7. The lowest BCUT2D eigenvalue weighted by Gasteiger charge is -2.29. The van der Waals surface area contributed by atoms with Gasteiger partial charge in [-0.1, -0.05) is 25.5 Å². The Bertz CT molecular complexity index is 702. The number of nitrogens with zero attached hydrogens (tertiary/aromatic N) is 3. The predicted octanol–water partition coefficient (Wildman–Crippen LogP) is 2.84. The van der Waals surface area contributed by atoms with Gasteiger partial charge in [0.1, 0.15) is 11.6 Å². The normalized spacial score (nSPS) is 14.2. The fourth-order valence-corrected chi connectivity index (χ4v) is 3.14. The van der Waals surface area contributed by atoms with Crippen molar-refractivity contribution in [2.45, 2.75) is 39.3 Å². The van der Waals surface area contributed by atoms with Crippen molar-refractivity contribution < 1.29 is 4.74 Å². The summed E-state index contributed by atoms with van der Waals surface area (Å²) in [5.41, 5.74) is 9.43. The highest BCUT2D eigenvalue weighted by molar-refractivity contribution is 5.50. The number of aromatic nitrogens is 2. The number of hydrogen-bond acceptors (Lipinski definition) is 6. The first-order valence-corrected chi connectivity index (χ1v) is 8.94. The SMILES string of the molecule is CCCCNc1nc(N)nc2c1CN(Cc1ccc(OC)cc1)CC2. The molecule has 1 aliphatic heterocycles. The summed E-state index contributed by atoms with van der Waals surface area (Å²) in [4.78, 5) is 11.3. The van der Waals surface area contributed by atoms with E-state index in [1.165, 1.54) is 11.1 Å². The molecule has 3 rings (SSSR count). The number of hydrogen-bond donors (Lipinski definition) is 2. The van der Waals surface area contributed by atoms with Crippen molar-refractivity contribution in [3.8, 4) is 5.75 Å². The van der Waals surface area contributed by atoms with Crippen LogP contribution in [0.1, 0.15) is 36.6 Å². The molecule has 25 heavy (non-hydrogen) atoms. The summed E-state index contributed by atoms with van der Waals surface area (Å²) in [7, 11) is 1.69. The van der Waals surface area contributed by atoms with Crippen molar-refractivity contribution in [3.05, 3.63) is 41.1 Å². The lowest BCUT2D eigenvalue weighted by Crippen LogP contribution is -2.32. The third-order valence-corrected chi connectivity index (χ3v) is 4.54. The number of anilines is 2. The Balaban J connectivity index is 1.72. The highest BCUT2D eigenvalue weighted by Crippen LogP contribution is 2.26. The summed E-state index contributed by atoms with van der Waals surface area (Å²) in [5.74, 6) is 2.15. The summed E-state index contributed by atoms with van der Waals surface area (Å²) in [6.45, 7) is 5.82. The van der Waals surface area contributed by atoms with Crippen molar-refractivity contribution >= 4 is 11.8 Å². The summed E-state index contributed by atoms with van der Waals surface area (Å²) >= 11 is 0. The lowest BCUT2D eigenvalue weighted by atomic mass is 10.0. The van der Waals surface area contributed by atoms with Crippen LogP contribution in [0.15, 0.2) is 24.3 Å². The minimum absolute atomic E-state index is 0.362. The number of nitrogens with two attached hydrogens (primary N) is 1. The van der Waals surface area contributed by atoms with Gasteiger partial charge in [0.15, 0.2) is 0 Å². The van der Waals surface area contributed by atoms with Gasteiger partial charge < -0.3 is 15.8 Å². The van der Waals surface area contributed by atoms with Crippen LogP contribution in [0.4, 0.5) is 11.8 Å². The molecule has 0 amide bonds. The van der Waals surface area contributed by atoms with E-state index in [1.54, 1.807) is 7.11 Å². The van der Waals surface area contributed by atoms with Crippen molar-refractivity contribution in [3.63, 3.8) is 0 Å². The molecular formula is C19H27N5O. The van der Waals surface area contributed by atoms with Crippen LogP contribution in [-0.4, -0.2) is 35.1 Å². The van der Waals surface area contributed by atoms with Crippen LogP contribution in [0.25, 0.3) is 0 Å². The van der Waals surface area contributed by atoms with Gasteiger partial charge in [-0.2, -0.15) is 4.98 Å². The Labute approximate surface area is 149 Å². The molecule has 6 heteroatoms. The Morgan fingerprint density at radius 1 is 1.24 bits per heavy atom. The van der Waals surface area contributed by atoms with Gasteiger partial charge in [0.25, 0.3) is 0 Å². The molecule has 0 saturated heterocycles. The van der Waals surface area contributed by atoms with Crippen LogP contribution in [0, 0.1) is 0 Å². The van der Waals surface area contributed by atoms with Crippen LogP contribution >= 0.6 is 0 Å². The van der Waals surface area contributed by atoms with Crippen LogP contribution < -0.4 is 15.8 Å². The number of nitrogen functional groups attached to an aromatic ring is 1. The van der Waals surface area contributed by atoms with Gasteiger partial charge in [0, 0.05) is 38.2 Å². The lowest BCUT2D eigenvalue weighted by molar-refractivity contribution is 0.243. The maximum Gasteiger partial charge on any atom is 0.222 e. The van der Waals surface area contributed by atoms with Crippen molar-refractivity contribution in [1.82, 2.24) is 14.9 Å². The van der Waals surface area contributed by atoms with Gasteiger partial charge in [-0.3, -0.25) is 4.90 Å². The van der Waals surface area contributed by atoms with Gasteiger partial charge in [-0.25, -0.2) is 4.98 Å². The minimum Gasteiger partial charge on any atom is -0.497 e. The molecule has 0 aliphatic carbocycles. The van der Waals surface area contributed by atoms with E-state index in [0.29, 0.717) is 5.95 Å². The molecule has 2 heterocycles. The zero-order chi connectivity index (χ0) is 17.6. The first-order valence-electron chi connectivity index (χ1n) is 8.94. The van der Waals surface area contributed by atoms with Gasteiger partial charge in [0.05, 0.1) is 12.8 Å². The number of fused-ring (bicyclic) bond motifs is 1. The molecule has 134 valence electrons. The maximum absolute atomic E-state index is 5.88. The number of benzene rings is 1. The number of ether oxygens (including phenoxy) is 1. The first-order chi connectivity index (χ1) is 12.2. The summed E-state index contributed by atoms with van der Waals surface area (Å²) in [5, 5.41) is 3.44. The highest BCUT2D eigenvalue weighted by atomic mass is 16.5. The fourth-order valence-electron chi connectivity index (χ4n) is 3.14. The van der Waals surface area contributed by atoms with E-state index >= 15 is 0 Å². The van der Waals surface area contributed by atoms with E-state index in [4.69, 9.17) is 10.5 Å². The summed E-state index contributed by atoms with van der Waals surface area (Å²) in [6.07, 6.45) is 3.17. The number of nitrogens with one attached hydrogen (secondary N) is 1. The van der Waals surface area contributed by atoms with Crippen molar-refractivity contribution in [2.75, 3.05) is 31.2 Å². The van der Waals surface area contributed by atoms with E-state index in [1.807, 2.05) is 12.1 Å². The average Bonchev–Trinajstić information content (AvgIpc) is 2.63. The van der Waals surface area contributed by atoms with Gasteiger partial charge >= 0.3 is 0 Å². The molecule has 0 radical (unpaired) electrons. The molecule has 0 spiro atoms. The van der Waals surface area contributed by atoms with E-state index in [-0.39, 0.29) is 0 Å². The van der Waals surface area contributed by atoms with Crippen LogP contribution in [0.2, 0.25) is 0 Å². The Hall–Kier alpha value is -2.34. The molecule has 0 fully saturated rings. The molecule has 1 aliphatic rings. The minimum atomic E-state index is 0.362. The number of unbranched alkanes of at least 4 members (excludes halogenated alkanes) is 1. The standard InChI is InChI=1S/C19H27N5O/c1-3-4-10-21-18-16-13-24(11-9-17(16)22-19(20)23-18)12-14-5-7-15(25-2)8-6-14/h5-8H,3-4,9-13H2,1-2H3,(H3,20,21,22,23). The molecule has 1 aromatic heterocycles. The smallest absolute Gasteiger partial charge is 0.222 e. The summed E-state index contributed by atoms with van der Waals surface area (Å²) < 4.78 is 5.23. The van der Waals surface area contributed by atoms with Crippen LogP contribution in [0.5, 0.6) is 5.75 Å². The largest absolute Gasteiger partial charge is 0.497 e. The van der Waals surface area contributed by atoms with Crippen LogP contribution in [0.3, 0.4) is 0 Å². The third-order valence-electron chi connectivity index (χ3n) is 4.54. The van der Waals surface area contributed by atoms with E-state index in [2.05, 4.69) is 39.2 Å². The van der Waals surface area contributed by atoms with Crippen molar-refractivity contribution in [2.24, 2.45) is 0 Å². The Morgan fingerprint density at radius 2 is 2.04 bits per heavy atom. The van der Waals surface area contributed by atoms with Gasteiger partial charge in [-0.15, -0.1) is 0 Å². The summed E-state index contributed by atoms with van der Waals surface area (Å²) in [6, 6.07) is 8.26. The maximum atomic E-state index is 5.88. The first kappa shape index (κ1) is 17.5. The van der Waals surface area contributed by atoms with E-state index in [0.717, 1.165) is 62.7 Å². The zero-order valence-corrected chi connectivity index (χ0v) is 15.1. The molecule has 2 aromatic rings. The molecule has 0 bridgehead atoms. The molecule has 6 nitrogen and oxygen atoms in total. The molecule has 0 atom stereocenters. The fraction of sp³-hybridized carbons (Fsp3) is 0.474. The second-order valence-corrected chi connectivity index (χ2v) is 6.44. The van der Waals surface area contributed by atoms with Crippen LogP contribution in [-0.2, 0) is 19.5 Å². The van der Waals surface area contributed by atoms with E-state index < -0.39 is 0 Å². The predicted molar refractivity (Wildman–Crippen MR) is 101 cm³/mol. The average molecular weight is 341 g/mol. The zero-order valence-electron chi connectivity index (χ0n) is 15.1. The molecule has 3 N–H and O–H groups in total.